The van der Waals surface area contributed by atoms with Crippen LogP contribution in [0.2, 0.25) is 0 Å². The van der Waals surface area contributed by atoms with Gasteiger partial charge in [0.2, 0.25) is 0 Å². The zero-order valence-electron chi connectivity index (χ0n) is 8.36. The Bertz CT molecular complexity index is 190. The second kappa shape index (κ2) is 7.20. The zero-order chi connectivity index (χ0) is 11.0. The van der Waals surface area contributed by atoms with E-state index in [1.165, 1.54) is 13.3 Å². The third kappa shape index (κ3) is 5.42. The Balaban J connectivity index is 3.79. The molecule has 0 amide bonds. The molecule has 0 aromatic rings. The smallest absolute Gasteiger partial charge is 0.456 e. The molecule has 0 aliphatic heterocycles. The molecule has 5 heteroatoms. The third-order valence-electron chi connectivity index (χ3n) is 1.44. The van der Waals surface area contributed by atoms with Crippen molar-refractivity contribution in [2.24, 2.45) is 0 Å². The van der Waals surface area contributed by atoms with Gasteiger partial charge in [0.1, 0.15) is 6.61 Å². The van der Waals surface area contributed by atoms with Crippen molar-refractivity contribution in [3.63, 3.8) is 0 Å². The topological polar surface area (TPSA) is 72.8 Å². The van der Waals surface area contributed by atoms with Gasteiger partial charge in [-0.15, -0.1) is 0 Å². The Morgan fingerprint density at radius 1 is 1.50 bits per heavy atom. The summed E-state index contributed by atoms with van der Waals surface area (Å²) in [6.45, 7) is 2.70. The number of ether oxygens (including phenoxy) is 2. The van der Waals surface area contributed by atoms with Crippen LogP contribution in [-0.4, -0.2) is 36.4 Å². The van der Waals surface area contributed by atoms with Crippen LogP contribution in [0.1, 0.15) is 20.3 Å². The van der Waals surface area contributed by atoms with Crippen LogP contribution in [0.15, 0.2) is 0 Å². The maximum atomic E-state index is 10.8. The van der Waals surface area contributed by atoms with E-state index in [0.717, 1.165) is 0 Å². The lowest BCUT2D eigenvalue weighted by atomic mass is 10.4. The van der Waals surface area contributed by atoms with Crippen molar-refractivity contribution in [3.05, 3.63) is 6.42 Å². The minimum atomic E-state index is -0.772. The maximum Gasteiger partial charge on any atom is 0.495 e. The Hall–Kier alpha value is -1.23. The fourth-order valence-electron chi connectivity index (χ4n) is 0.652. The fourth-order valence-corrected chi connectivity index (χ4v) is 0.652. The number of carbonyl (C=O) groups excluding carboxylic acids is 2. The lowest BCUT2D eigenvalue weighted by molar-refractivity contribution is -0.159. The molecule has 1 N–H and O–H groups in total. The molecule has 0 aromatic heterocycles. The lowest BCUT2D eigenvalue weighted by Gasteiger charge is -2.13. The summed E-state index contributed by atoms with van der Waals surface area (Å²) in [4.78, 5) is 21.5. The molecule has 0 aliphatic carbocycles. The van der Waals surface area contributed by atoms with Crippen molar-refractivity contribution in [1.29, 1.82) is 0 Å². The lowest BCUT2D eigenvalue weighted by Crippen LogP contribution is -2.28. The van der Waals surface area contributed by atoms with Crippen molar-refractivity contribution in [1.82, 2.24) is 0 Å². The predicted molar refractivity (Wildman–Crippen MR) is 48.2 cm³/mol. The van der Waals surface area contributed by atoms with Gasteiger partial charge in [0.15, 0.2) is 12.5 Å². The van der Waals surface area contributed by atoms with Gasteiger partial charge in [0.05, 0.1) is 13.5 Å². The van der Waals surface area contributed by atoms with Gasteiger partial charge in [-0.2, -0.15) is 4.79 Å². The van der Waals surface area contributed by atoms with Crippen LogP contribution in [0.3, 0.4) is 0 Å². The van der Waals surface area contributed by atoms with Gasteiger partial charge in [0, 0.05) is 6.42 Å². The van der Waals surface area contributed by atoms with E-state index < -0.39 is 18.0 Å². The molecule has 0 aliphatic rings. The highest BCUT2D eigenvalue weighted by Gasteiger charge is 2.17. The number of hydrogen-bond acceptors (Lipinski definition) is 5. The summed E-state index contributed by atoms with van der Waals surface area (Å²) in [7, 11) is 0. The van der Waals surface area contributed by atoms with Crippen LogP contribution in [0.25, 0.3) is 0 Å². The average molecular weight is 203 g/mol. The SMILES string of the molecule is C[CH+]C(=O)OCC(CO)OC(=O)CC. The fraction of sp³-hybridized carbons (Fsp3) is 0.667. The van der Waals surface area contributed by atoms with E-state index in [4.69, 9.17) is 9.84 Å². The molecular formula is C9H15O5+. The Labute approximate surface area is 83.0 Å². The summed E-state index contributed by atoms with van der Waals surface area (Å²) >= 11 is 0. The first-order valence-corrected chi connectivity index (χ1v) is 4.40. The van der Waals surface area contributed by atoms with Crippen LogP contribution in [-0.2, 0) is 19.1 Å². The molecule has 1 atom stereocenters. The van der Waals surface area contributed by atoms with Gasteiger partial charge in [-0.3, -0.25) is 4.79 Å². The van der Waals surface area contributed by atoms with E-state index in [1.54, 1.807) is 6.92 Å². The van der Waals surface area contributed by atoms with E-state index in [2.05, 4.69) is 4.74 Å². The number of carbonyl (C=O) groups is 2. The summed E-state index contributed by atoms with van der Waals surface area (Å²) in [5.74, 6) is -0.934. The van der Waals surface area contributed by atoms with Crippen LogP contribution in [0.5, 0.6) is 0 Å². The molecule has 0 rings (SSSR count). The number of hydrogen-bond donors (Lipinski definition) is 1. The summed E-state index contributed by atoms with van der Waals surface area (Å²) < 4.78 is 9.42. The Morgan fingerprint density at radius 2 is 2.14 bits per heavy atom. The highest BCUT2D eigenvalue weighted by Crippen LogP contribution is 1.97. The van der Waals surface area contributed by atoms with Crippen LogP contribution < -0.4 is 0 Å². The first kappa shape index (κ1) is 12.8. The molecule has 0 bridgehead atoms. The Morgan fingerprint density at radius 3 is 2.57 bits per heavy atom. The molecule has 1 unspecified atom stereocenters. The summed E-state index contributed by atoms with van der Waals surface area (Å²) in [5.41, 5.74) is 0. The van der Waals surface area contributed by atoms with Gasteiger partial charge in [-0.25, -0.2) is 0 Å². The van der Waals surface area contributed by atoms with E-state index in [9.17, 15) is 9.59 Å². The molecule has 0 aromatic carbocycles. The molecular weight excluding hydrogens is 188 g/mol. The van der Waals surface area contributed by atoms with Gasteiger partial charge in [-0.1, -0.05) is 6.92 Å². The molecule has 0 radical (unpaired) electrons. The third-order valence-corrected chi connectivity index (χ3v) is 1.44. The number of rotatable bonds is 6. The van der Waals surface area contributed by atoms with Crippen LogP contribution in [0.4, 0.5) is 0 Å². The van der Waals surface area contributed by atoms with Gasteiger partial charge in [0.25, 0.3) is 0 Å². The molecule has 0 heterocycles. The molecule has 80 valence electrons. The second-order valence-electron chi connectivity index (χ2n) is 2.57. The van der Waals surface area contributed by atoms with Crippen molar-refractivity contribution < 1.29 is 24.2 Å². The van der Waals surface area contributed by atoms with Crippen molar-refractivity contribution in [2.45, 2.75) is 26.4 Å². The van der Waals surface area contributed by atoms with Gasteiger partial charge in [-0.05, 0) is 0 Å². The van der Waals surface area contributed by atoms with Crippen molar-refractivity contribution >= 4 is 11.9 Å². The first-order valence-electron chi connectivity index (χ1n) is 4.40. The molecule has 5 nitrogen and oxygen atoms in total. The largest absolute Gasteiger partial charge is 0.495 e. The zero-order valence-corrected chi connectivity index (χ0v) is 8.36. The highest BCUT2D eigenvalue weighted by molar-refractivity contribution is 5.78. The number of esters is 2. The average Bonchev–Trinajstić information content (AvgIpc) is 2.22. The van der Waals surface area contributed by atoms with E-state index in [-0.39, 0.29) is 19.6 Å². The normalized spacial score (nSPS) is 11.6. The predicted octanol–water partition coefficient (Wildman–Crippen LogP) is 0.0679. The summed E-state index contributed by atoms with van der Waals surface area (Å²) in [6.07, 6.45) is 0.701. The number of aliphatic hydroxyl groups excluding tert-OH is 1. The first-order chi connectivity index (χ1) is 6.63. The van der Waals surface area contributed by atoms with Crippen LogP contribution >= 0.6 is 0 Å². The van der Waals surface area contributed by atoms with Crippen LogP contribution in [0, 0.1) is 6.42 Å². The van der Waals surface area contributed by atoms with Gasteiger partial charge >= 0.3 is 11.9 Å². The molecule has 0 fully saturated rings. The minimum Gasteiger partial charge on any atom is -0.456 e. The Kier molecular flexibility index (Phi) is 6.57. The second-order valence-corrected chi connectivity index (χ2v) is 2.57. The minimum absolute atomic E-state index is 0.120. The quantitative estimate of drug-likeness (QED) is 0.488. The molecule has 14 heavy (non-hydrogen) atoms. The van der Waals surface area contributed by atoms with E-state index in [0.29, 0.717) is 0 Å². The van der Waals surface area contributed by atoms with E-state index >= 15 is 0 Å². The number of aliphatic hydroxyl groups is 1. The van der Waals surface area contributed by atoms with Crippen molar-refractivity contribution in [3.8, 4) is 0 Å². The summed E-state index contributed by atoms with van der Waals surface area (Å²) in [5, 5.41) is 8.78. The molecule has 0 spiro atoms. The summed E-state index contributed by atoms with van der Waals surface area (Å²) in [6, 6.07) is 0. The highest BCUT2D eigenvalue weighted by atomic mass is 16.6. The molecule has 0 saturated heterocycles. The van der Waals surface area contributed by atoms with Gasteiger partial charge < -0.3 is 14.6 Å². The standard InChI is InChI=1S/C9H15O5/c1-3-8(11)13-6-7(5-10)14-9(12)4-2/h3,7,10H,4-6H2,1-2H3/q+1. The van der Waals surface area contributed by atoms with Crippen molar-refractivity contribution in [2.75, 3.05) is 13.2 Å². The monoisotopic (exact) mass is 203 g/mol. The molecule has 0 saturated carbocycles. The maximum absolute atomic E-state index is 10.8. The van der Waals surface area contributed by atoms with E-state index in [1.807, 2.05) is 0 Å².